The van der Waals surface area contributed by atoms with Crippen LogP contribution in [0.25, 0.3) is 11.1 Å². The Morgan fingerprint density at radius 1 is 0.536 bits per heavy atom. The van der Waals surface area contributed by atoms with Gasteiger partial charge in [0.05, 0.1) is 0 Å². The van der Waals surface area contributed by atoms with E-state index in [0.29, 0.717) is 0 Å². The first kappa shape index (κ1) is 18.8. The Hall–Kier alpha value is -2.59. The smallest absolute Gasteiger partial charge is 0.158 e. The summed E-state index contributed by atoms with van der Waals surface area (Å²) < 4.78 is 12.7. The summed E-state index contributed by atoms with van der Waals surface area (Å²) in [4.78, 5) is 4.10. The zero-order chi connectivity index (χ0) is 19.3. The lowest BCUT2D eigenvalue weighted by atomic mass is 10.1. The van der Waals surface area contributed by atoms with Gasteiger partial charge in [0.2, 0.25) is 0 Å². The first-order chi connectivity index (χ1) is 13.7. The van der Waals surface area contributed by atoms with E-state index < -0.39 is 11.2 Å². The molecule has 0 fully saturated rings. The molecule has 0 aliphatic rings. The Kier molecular flexibility index (Phi) is 5.77. The van der Waals surface area contributed by atoms with Gasteiger partial charge in [-0.15, -0.1) is 10.5 Å². The first-order valence-electron chi connectivity index (χ1n) is 8.99. The normalized spacial score (nSPS) is 13.0. The molecule has 0 spiro atoms. The molecule has 138 valence electrons. The molecule has 4 aromatic rings. The minimum absolute atomic E-state index is 0.183. The average molecular weight is 401 g/mol. The van der Waals surface area contributed by atoms with Crippen molar-refractivity contribution < 1.29 is 4.55 Å². The molecular formula is C25H20OS2. The Balaban J connectivity index is 1.53. The summed E-state index contributed by atoms with van der Waals surface area (Å²) in [5, 5.41) is 0. The van der Waals surface area contributed by atoms with Gasteiger partial charge in [-0.25, -0.2) is 0 Å². The van der Waals surface area contributed by atoms with Gasteiger partial charge in [-0.05, 0) is 71.8 Å². The summed E-state index contributed by atoms with van der Waals surface area (Å²) in [6.07, 6.45) is 0. The van der Waals surface area contributed by atoms with Gasteiger partial charge < -0.3 is 4.55 Å². The van der Waals surface area contributed by atoms with Crippen molar-refractivity contribution in [2.45, 2.75) is 19.6 Å². The fourth-order valence-corrected chi connectivity index (χ4v) is 5.27. The van der Waals surface area contributed by atoms with E-state index in [-0.39, 0.29) is 10.5 Å². The highest BCUT2D eigenvalue weighted by molar-refractivity contribution is 8.14. The molecule has 0 bridgehead atoms. The van der Waals surface area contributed by atoms with Crippen molar-refractivity contribution in [1.29, 1.82) is 0 Å². The molecule has 0 amide bonds. The minimum atomic E-state index is -1.15. The lowest BCUT2D eigenvalue weighted by Gasteiger charge is -2.11. The van der Waals surface area contributed by atoms with Crippen LogP contribution >= 0.6 is 10.5 Å². The van der Waals surface area contributed by atoms with E-state index in [9.17, 15) is 4.55 Å². The Morgan fingerprint density at radius 2 is 0.964 bits per heavy atom. The molecule has 1 nitrogen and oxygen atoms in total. The molecule has 2 atom stereocenters. The van der Waals surface area contributed by atoms with Gasteiger partial charge in [-0.2, -0.15) is 0 Å². The fraction of sp³-hybridized carbons (Fsp3) is 0. The largest absolute Gasteiger partial charge is 0.606 e. The SMILES string of the molecule is C=S(c1ccccc1)c1ccc(-c2ccc([S+]([O-])c3ccccc3)cc2)cc1. The molecule has 4 aromatic carbocycles. The summed E-state index contributed by atoms with van der Waals surface area (Å²) >= 11 is -1.15. The first-order valence-corrected chi connectivity index (χ1v) is 11.5. The molecule has 4 rings (SSSR count). The third-order valence-electron chi connectivity index (χ3n) is 4.53. The highest BCUT2D eigenvalue weighted by atomic mass is 32.2. The number of benzene rings is 4. The van der Waals surface area contributed by atoms with E-state index >= 15 is 0 Å². The van der Waals surface area contributed by atoms with Gasteiger partial charge in [0.1, 0.15) is 0 Å². The van der Waals surface area contributed by atoms with Gasteiger partial charge in [-0.1, -0.05) is 54.4 Å². The van der Waals surface area contributed by atoms with Crippen LogP contribution < -0.4 is 0 Å². The quantitative estimate of drug-likeness (QED) is 0.272. The van der Waals surface area contributed by atoms with Crippen LogP contribution in [0.1, 0.15) is 0 Å². The molecular weight excluding hydrogens is 380 g/mol. The molecule has 0 N–H and O–H groups in total. The molecule has 0 aromatic heterocycles. The van der Waals surface area contributed by atoms with Crippen LogP contribution in [0.4, 0.5) is 0 Å². The predicted molar refractivity (Wildman–Crippen MR) is 121 cm³/mol. The molecule has 3 heteroatoms. The summed E-state index contributed by atoms with van der Waals surface area (Å²) in [5.41, 5.74) is 2.26. The van der Waals surface area contributed by atoms with E-state index in [1.807, 2.05) is 60.7 Å². The third kappa shape index (κ3) is 4.12. The maximum absolute atomic E-state index is 12.7. The summed E-state index contributed by atoms with van der Waals surface area (Å²) in [6, 6.07) is 36.4. The van der Waals surface area contributed by atoms with Crippen LogP contribution in [0.2, 0.25) is 0 Å². The zero-order valence-electron chi connectivity index (χ0n) is 15.3. The van der Waals surface area contributed by atoms with Gasteiger partial charge in [0.25, 0.3) is 0 Å². The minimum Gasteiger partial charge on any atom is -0.606 e. The van der Waals surface area contributed by atoms with Gasteiger partial charge in [0, 0.05) is 21.0 Å². The van der Waals surface area contributed by atoms with E-state index in [0.717, 1.165) is 20.9 Å². The van der Waals surface area contributed by atoms with E-state index in [1.165, 1.54) is 9.79 Å². The molecule has 0 aliphatic heterocycles. The average Bonchev–Trinajstić information content (AvgIpc) is 2.79. The van der Waals surface area contributed by atoms with Crippen LogP contribution in [0, 0.1) is 0 Å². The summed E-state index contributed by atoms with van der Waals surface area (Å²) in [6.45, 7) is 0. The summed E-state index contributed by atoms with van der Waals surface area (Å²) in [7, 11) is -0.183. The van der Waals surface area contributed by atoms with E-state index in [2.05, 4.69) is 54.4 Å². The molecule has 0 saturated carbocycles. The van der Waals surface area contributed by atoms with Crippen LogP contribution in [0.3, 0.4) is 0 Å². The van der Waals surface area contributed by atoms with Gasteiger partial charge in [-0.3, -0.25) is 0 Å². The van der Waals surface area contributed by atoms with Crippen molar-refractivity contribution in [3.8, 4) is 11.1 Å². The molecule has 28 heavy (non-hydrogen) atoms. The predicted octanol–water partition coefficient (Wildman–Crippen LogP) is 6.64. The monoisotopic (exact) mass is 400 g/mol. The van der Waals surface area contributed by atoms with E-state index in [1.54, 1.807) is 0 Å². The van der Waals surface area contributed by atoms with Crippen molar-refractivity contribution in [2.75, 3.05) is 0 Å². The molecule has 0 radical (unpaired) electrons. The number of rotatable bonds is 5. The highest BCUT2D eigenvalue weighted by Crippen LogP contribution is 2.35. The Labute approximate surface area is 171 Å². The zero-order valence-corrected chi connectivity index (χ0v) is 17.0. The molecule has 0 aliphatic carbocycles. The van der Waals surface area contributed by atoms with Crippen LogP contribution in [0.15, 0.2) is 129 Å². The fourth-order valence-electron chi connectivity index (χ4n) is 2.98. The van der Waals surface area contributed by atoms with Crippen molar-refractivity contribution >= 4 is 27.5 Å². The van der Waals surface area contributed by atoms with Crippen molar-refractivity contribution in [1.82, 2.24) is 0 Å². The standard InChI is InChI=1S/C25H20OS2/c1-27(22-8-4-2-5-9-22)23-16-12-20(13-17-23)21-14-18-25(19-15-21)28(26)24-10-6-3-7-11-24/h2-19H,1H2. The molecule has 0 saturated heterocycles. The maximum Gasteiger partial charge on any atom is 0.158 e. The second-order valence-electron chi connectivity index (χ2n) is 6.33. The molecule has 2 unspecified atom stereocenters. The van der Waals surface area contributed by atoms with Crippen molar-refractivity contribution in [3.63, 3.8) is 0 Å². The highest BCUT2D eigenvalue weighted by Gasteiger charge is 2.14. The van der Waals surface area contributed by atoms with Crippen LogP contribution in [-0.2, 0) is 11.2 Å². The Bertz CT molecular complexity index is 1060. The summed E-state index contributed by atoms with van der Waals surface area (Å²) in [5.74, 6) is 4.33. The maximum atomic E-state index is 12.7. The van der Waals surface area contributed by atoms with Gasteiger partial charge >= 0.3 is 0 Å². The van der Waals surface area contributed by atoms with Crippen LogP contribution in [0.5, 0.6) is 0 Å². The second-order valence-corrected chi connectivity index (χ2v) is 9.54. The molecule has 0 heterocycles. The lowest BCUT2D eigenvalue weighted by molar-refractivity contribution is 0.595. The van der Waals surface area contributed by atoms with E-state index in [4.69, 9.17) is 0 Å². The number of hydrogen-bond donors (Lipinski definition) is 0. The topological polar surface area (TPSA) is 23.1 Å². The second kappa shape index (κ2) is 8.61. The van der Waals surface area contributed by atoms with Crippen molar-refractivity contribution in [3.05, 3.63) is 109 Å². The van der Waals surface area contributed by atoms with Crippen LogP contribution in [-0.4, -0.2) is 10.4 Å². The number of hydrogen-bond acceptors (Lipinski definition) is 1. The third-order valence-corrected chi connectivity index (χ3v) is 7.61. The van der Waals surface area contributed by atoms with Crippen molar-refractivity contribution in [2.24, 2.45) is 0 Å². The Morgan fingerprint density at radius 3 is 1.54 bits per heavy atom. The van der Waals surface area contributed by atoms with Gasteiger partial charge in [0.15, 0.2) is 9.79 Å². The lowest BCUT2D eigenvalue weighted by Crippen LogP contribution is -2.01.